The van der Waals surface area contributed by atoms with Gasteiger partial charge in [-0.2, -0.15) is 0 Å². The van der Waals surface area contributed by atoms with Gasteiger partial charge in [-0.25, -0.2) is 9.59 Å². The number of esters is 2. The number of aryl methyl sites for hydroxylation is 1. The number of aromatic amines is 1. The molecule has 0 bridgehead atoms. The highest BCUT2D eigenvalue weighted by atomic mass is 16.5. The number of ketones is 1. The Bertz CT molecular complexity index is 1190. The highest BCUT2D eigenvalue weighted by Crippen LogP contribution is 2.25. The molecule has 2 amide bonds. The van der Waals surface area contributed by atoms with E-state index in [0.717, 1.165) is 4.90 Å². The van der Waals surface area contributed by atoms with Crippen LogP contribution in [0.3, 0.4) is 0 Å². The summed E-state index contributed by atoms with van der Waals surface area (Å²) in [6.07, 6.45) is 0.258. The number of benzene rings is 1. The molecule has 1 unspecified atom stereocenters. The first kappa shape index (κ1) is 23.6. The Morgan fingerprint density at radius 1 is 1.12 bits per heavy atom. The lowest BCUT2D eigenvalue weighted by atomic mass is 10.0. The van der Waals surface area contributed by atoms with Crippen molar-refractivity contribution in [1.82, 2.24) is 9.88 Å². The Morgan fingerprint density at radius 3 is 2.42 bits per heavy atom. The summed E-state index contributed by atoms with van der Waals surface area (Å²) in [5.41, 5.74) is 1.59. The fourth-order valence-corrected chi connectivity index (χ4v) is 3.70. The maximum absolute atomic E-state index is 12.9. The summed E-state index contributed by atoms with van der Waals surface area (Å²) in [7, 11) is 0. The molecule has 172 valence electrons. The molecule has 0 radical (unpaired) electrons. The Kier molecular flexibility index (Phi) is 6.62. The number of nitrogens with one attached hydrogen (secondary N) is 1. The SMILES string of the molecule is C=CCN1C(=O)c2ccc(C(=O)OC(C)C(=O)c3[nH]c(C)c(C(=O)OCC)c3C)cc2C1=O. The number of ether oxygens (including phenoxy) is 2. The predicted octanol–water partition coefficient (Wildman–Crippen LogP) is 3.02. The summed E-state index contributed by atoms with van der Waals surface area (Å²) in [6.45, 7) is 10.1. The third-order valence-electron chi connectivity index (χ3n) is 5.33. The number of nitrogens with zero attached hydrogens (tertiary/aromatic N) is 1. The first-order valence-electron chi connectivity index (χ1n) is 10.3. The van der Waals surface area contributed by atoms with Gasteiger partial charge in [-0.15, -0.1) is 6.58 Å². The highest BCUT2D eigenvalue weighted by molar-refractivity contribution is 6.22. The molecule has 0 saturated carbocycles. The van der Waals surface area contributed by atoms with E-state index < -0.39 is 35.6 Å². The molecule has 33 heavy (non-hydrogen) atoms. The van der Waals surface area contributed by atoms with Crippen molar-refractivity contribution in [3.05, 3.63) is 70.1 Å². The molecule has 2 heterocycles. The van der Waals surface area contributed by atoms with E-state index in [4.69, 9.17) is 9.47 Å². The second-order valence-corrected chi connectivity index (χ2v) is 7.53. The molecule has 9 nitrogen and oxygen atoms in total. The molecule has 2 aromatic rings. The van der Waals surface area contributed by atoms with Gasteiger partial charge in [-0.1, -0.05) is 6.08 Å². The van der Waals surface area contributed by atoms with E-state index in [1.807, 2.05) is 0 Å². The summed E-state index contributed by atoms with van der Waals surface area (Å²) in [6, 6.07) is 4.02. The average Bonchev–Trinajstić information content (AvgIpc) is 3.21. The van der Waals surface area contributed by atoms with Crippen LogP contribution in [0.15, 0.2) is 30.9 Å². The summed E-state index contributed by atoms with van der Waals surface area (Å²) < 4.78 is 10.3. The third kappa shape index (κ3) is 4.21. The van der Waals surface area contributed by atoms with Crippen molar-refractivity contribution < 1.29 is 33.4 Å². The molecular weight excluding hydrogens is 428 g/mol. The number of imide groups is 1. The van der Waals surface area contributed by atoms with Gasteiger partial charge >= 0.3 is 11.9 Å². The number of fused-ring (bicyclic) bond motifs is 1. The van der Waals surface area contributed by atoms with Gasteiger partial charge in [-0.05, 0) is 51.5 Å². The van der Waals surface area contributed by atoms with Crippen LogP contribution in [0.2, 0.25) is 0 Å². The number of H-pyrrole nitrogens is 1. The normalized spacial score (nSPS) is 13.5. The molecule has 9 heteroatoms. The van der Waals surface area contributed by atoms with Crippen molar-refractivity contribution in [2.45, 2.75) is 33.8 Å². The van der Waals surface area contributed by atoms with E-state index in [2.05, 4.69) is 11.6 Å². The largest absolute Gasteiger partial charge is 0.462 e. The van der Waals surface area contributed by atoms with Gasteiger partial charge in [0.2, 0.25) is 5.78 Å². The lowest BCUT2D eigenvalue weighted by Gasteiger charge is -2.12. The maximum Gasteiger partial charge on any atom is 0.340 e. The Hall–Kier alpha value is -4.01. The number of rotatable bonds is 8. The average molecular weight is 452 g/mol. The molecule has 1 aliphatic heterocycles. The number of Topliss-reactive ketones (excluding diaryl/α,β-unsaturated/α-hetero) is 1. The number of hydrogen-bond acceptors (Lipinski definition) is 7. The van der Waals surface area contributed by atoms with Crippen LogP contribution in [0.5, 0.6) is 0 Å². The fourth-order valence-electron chi connectivity index (χ4n) is 3.70. The Labute approximate surface area is 190 Å². The van der Waals surface area contributed by atoms with Gasteiger partial charge < -0.3 is 14.5 Å². The Morgan fingerprint density at radius 2 is 1.79 bits per heavy atom. The van der Waals surface area contributed by atoms with Crippen molar-refractivity contribution in [1.29, 1.82) is 0 Å². The lowest BCUT2D eigenvalue weighted by molar-refractivity contribution is 0.0316. The molecule has 1 aliphatic rings. The number of amides is 2. The van der Waals surface area contributed by atoms with Crippen LogP contribution >= 0.6 is 0 Å². The number of carbonyl (C=O) groups excluding carboxylic acids is 5. The van der Waals surface area contributed by atoms with Gasteiger partial charge in [0.25, 0.3) is 11.8 Å². The fraction of sp³-hybridized carbons (Fsp3) is 0.292. The number of hydrogen-bond donors (Lipinski definition) is 1. The van der Waals surface area contributed by atoms with E-state index in [-0.39, 0.29) is 41.1 Å². The second-order valence-electron chi connectivity index (χ2n) is 7.53. The molecule has 1 N–H and O–H groups in total. The van der Waals surface area contributed by atoms with Crippen molar-refractivity contribution >= 4 is 29.5 Å². The standard InChI is InChI=1S/C24H24N2O7/c1-6-10-26-21(28)16-9-8-15(11-17(16)22(26)29)23(30)33-14(5)20(27)19-12(3)18(13(4)25-19)24(31)32-7-2/h6,8-9,11,14,25H,1,7,10H2,2-5H3. The minimum atomic E-state index is -1.17. The first-order chi connectivity index (χ1) is 15.6. The molecule has 0 spiro atoms. The van der Waals surface area contributed by atoms with Crippen LogP contribution in [0.4, 0.5) is 0 Å². The van der Waals surface area contributed by atoms with Gasteiger partial charge in [0.15, 0.2) is 6.10 Å². The van der Waals surface area contributed by atoms with Gasteiger partial charge in [0.05, 0.1) is 34.6 Å². The van der Waals surface area contributed by atoms with Crippen LogP contribution in [0, 0.1) is 13.8 Å². The summed E-state index contributed by atoms with van der Waals surface area (Å²) in [5.74, 6) is -2.89. The van der Waals surface area contributed by atoms with Crippen LogP contribution in [0.1, 0.15) is 77.0 Å². The molecule has 0 saturated heterocycles. The summed E-state index contributed by atoms with van der Waals surface area (Å²) in [4.78, 5) is 66.4. The minimum absolute atomic E-state index is 0.0293. The summed E-state index contributed by atoms with van der Waals surface area (Å²) in [5, 5.41) is 0. The molecule has 1 aromatic carbocycles. The molecule has 3 rings (SSSR count). The second kappa shape index (κ2) is 9.23. The minimum Gasteiger partial charge on any atom is -0.462 e. The molecule has 1 aromatic heterocycles. The molecule has 0 aliphatic carbocycles. The van der Waals surface area contributed by atoms with Gasteiger partial charge in [-0.3, -0.25) is 19.3 Å². The number of carbonyl (C=O) groups is 5. The monoisotopic (exact) mass is 452 g/mol. The quantitative estimate of drug-likeness (QED) is 0.283. The van der Waals surface area contributed by atoms with Gasteiger partial charge in [0.1, 0.15) is 0 Å². The van der Waals surface area contributed by atoms with E-state index in [9.17, 15) is 24.0 Å². The van der Waals surface area contributed by atoms with Crippen LogP contribution in [-0.4, -0.2) is 58.7 Å². The topological polar surface area (TPSA) is 123 Å². The van der Waals surface area contributed by atoms with Crippen molar-refractivity contribution in [2.24, 2.45) is 0 Å². The maximum atomic E-state index is 12.9. The Balaban J connectivity index is 1.79. The van der Waals surface area contributed by atoms with E-state index in [0.29, 0.717) is 11.3 Å². The number of aromatic nitrogens is 1. The molecule has 1 atom stereocenters. The van der Waals surface area contributed by atoms with E-state index in [1.54, 1.807) is 20.8 Å². The summed E-state index contributed by atoms with van der Waals surface area (Å²) >= 11 is 0. The zero-order chi connectivity index (χ0) is 24.4. The van der Waals surface area contributed by atoms with Crippen LogP contribution in [-0.2, 0) is 9.47 Å². The van der Waals surface area contributed by atoms with Gasteiger partial charge in [0, 0.05) is 12.2 Å². The van der Waals surface area contributed by atoms with E-state index in [1.165, 1.54) is 31.2 Å². The zero-order valence-corrected chi connectivity index (χ0v) is 18.8. The third-order valence-corrected chi connectivity index (χ3v) is 5.33. The van der Waals surface area contributed by atoms with Crippen molar-refractivity contribution in [3.63, 3.8) is 0 Å². The highest BCUT2D eigenvalue weighted by Gasteiger charge is 2.35. The lowest BCUT2D eigenvalue weighted by Crippen LogP contribution is -2.29. The molecule has 0 fully saturated rings. The van der Waals surface area contributed by atoms with Crippen LogP contribution < -0.4 is 0 Å². The van der Waals surface area contributed by atoms with E-state index >= 15 is 0 Å². The van der Waals surface area contributed by atoms with Crippen LogP contribution in [0.25, 0.3) is 0 Å². The predicted molar refractivity (Wildman–Crippen MR) is 117 cm³/mol. The molecular formula is C24H24N2O7. The van der Waals surface area contributed by atoms with Crippen molar-refractivity contribution in [3.8, 4) is 0 Å². The van der Waals surface area contributed by atoms with Crippen molar-refractivity contribution in [2.75, 3.05) is 13.2 Å². The zero-order valence-electron chi connectivity index (χ0n) is 18.8. The first-order valence-corrected chi connectivity index (χ1v) is 10.3. The smallest absolute Gasteiger partial charge is 0.340 e.